The van der Waals surface area contributed by atoms with Gasteiger partial charge < -0.3 is 14.6 Å². The third-order valence-electron chi connectivity index (χ3n) is 3.87. The third kappa shape index (κ3) is 3.90. The zero-order valence-corrected chi connectivity index (χ0v) is 14.8. The topological polar surface area (TPSA) is 64.6 Å². The van der Waals surface area contributed by atoms with E-state index in [0.29, 0.717) is 6.54 Å². The van der Waals surface area contributed by atoms with Crippen molar-refractivity contribution in [1.29, 1.82) is 0 Å². The third-order valence-corrected chi connectivity index (χ3v) is 4.95. The number of hydrogen-bond donors (Lipinski definition) is 1. The molecule has 5 nitrogen and oxygen atoms in total. The highest BCUT2D eigenvalue weighted by Gasteiger charge is 2.52. The first kappa shape index (κ1) is 18.3. The average Bonchev–Trinajstić information content (AvgIpc) is 2.60. The molecule has 1 fully saturated rings. The molecular formula is C14H26BNO4S. The predicted octanol–water partition coefficient (Wildman–Crippen LogP) is 2.06. The van der Waals surface area contributed by atoms with E-state index in [1.165, 1.54) is 6.26 Å². The number of allylic oxidation sites excluding steroid dienone is 2. The van der Waals surface area contributed by atoms with Crippen LogP contribution in [0.3, 0.4) is 0 Å². The van der Waals surface area contributed by atoms with Gasteiger partial charge in [0.15, 0.2) is 9.84 Å². The molecule has 0 saturated carbocycles. The van der Waals surface area contributed by atoms with Crippen LogP contribution >= 0.6 is 0 Å². The minimum absolute atomic E-state index is 0.229. The predicted molar refractivity (Wildman–Crippen MR) is 86.4 cm³/mol. The molecule has 0 spiro atoms. The van der Waals surface area contributed by atoms with Crippen molar-refractivity contribution in [3.63, 3.8) is 0 Å². The smallest absolute Gasteiger partial charge is 0.400 e. The second-order valence-corrected chi connectivity index (χ2v) is 7.97. The van der Waals surface area contributed by atoms with Gasteiger partial charge in [0.1, 0.15) is 5.03 Å². The summed E-state index contributed by atoms with van der Waals surface area (Å²) < 4.78 is 34.6. The molecule has 2 heterocycles. The monoisotopic (exact) mass is 315 g/mol. The summed E-state index contributed by atoms with van der Waals surface area (Å²) in [5, 5.41) is 3.11. The summed E-state index contributed by atoms with van der Waals surface area (Å²) in [4.78, 5) is 0. The fourth-order valence-corrected chi connectivity index (χ4v) is 2.55. The summed E-state index contributed by atoms with van der Waals surface area (Å²) in [5.74, 6) is 0. The molecule has 21 heavy (non-hydrogen) atoms. The van der Waals surface area contributed by atoms with Crippen molar-refractivity contribution in [2.75, 3.05) is 12.8 Å². The van der Waals surface area contributed by atoms with Crippen molar-refractivity contribution in [2.24, 2.45) is 0 Å². The van der Waals surface area contributed by atoms with Gasteiger partial charge in [-0.15, -0.1) is 0 Å². The Balaban J connectivity index is 0.00000106. The molecule has 0 atom stereocenters. The largest absolute Gasteiger partial charge is 0.492 e. The van der Waals surface area contributed by atoms with Gasteiger partial charge in [0.25, 0.3) is 0 Å². The SMILES string of the molecule is CC.CC1(C)OB(C2=CC=C(S(C)(=O)=O)NC2)OC1(C)C. The normalized spacial score (nSPS) is 23.5. The van der Waals surface area contributed by atoms with Crippen molar-refractivity contribution in [1.82, 2.24) is 5.32 Å². The van der Waals surface area contributed by atoms with Gasteiger partial charge in [-0.2, -0.15) is 0 Å². The lowest BCUT2D eigenvalue weighted by molar-refractivity contribution is 0.00578. The minimum atomic E-state index is -3.19. The molecule has 2 aliphatic heterocycles. The molecule has 0 bridgehead atoms. The van der Waals surface area contributed by atoms with Crippen LogP contribution in [0.25, 0.3) is 0 Å². The fourth-order valence-electron chi connectivity index (χ4n) is 1.90. The van der Waals surface area contributed by atoms with Crippen LogP contribution in [-0.2, 0) is 19.1 Å². The maximum absolute atomic E-state index is 11.4. The highest BCUT2D eigenvalue weighted by atomic mass is 32.2. The maximum atomic E-state index is 11.4. The first-order valence-corrected chi connectivity index (χ1v) is 9.12. The lowest BCUT2D eigenvalue weighted by Gasteiger charge is -2.32. The van der Waals surface area contributed by atoms with Crippen molar-refractivity contribution >= 4 is 17.0 Å². The molecule has 0 amide bonds. The molecule has 2 aliphatic rings. The molecular weight excluding hydrogens is 289 g/mol. The Morgan fingerprint density at radius 1 is 1.10 bits per heavy atom. The molecule has 0 aromatic carbocycles. The molecule has 0 aliphatic carbocycles. The van der Waals surface area contributed by atoms with E-state index >= 15 is 0 Å². The lowest BCUT2D eigenvalue weighted by Crippen LogP contribution is -2.41. The van der Waals surface area contributed by atoms with E-state index in [9.17, 15) is 8.42 Å². The number of hydrogen-bond acceptors (Lipinski definition) is 5. The Morgan fingerprint density at radius 2 is 1.57 bits per heavy atom. The Kier molecular flexibility index (Phi) is 5.34. The Bertz CT molecular complexity index is 533. The van der Waals surface area contributed by atoms with Crippen LogP contribution in [-0.4, -0.2) is 39.5 Å². The minimum Gasteiger partial charge on any atom is -0.400 e. The van der Waals surface area contributed by atoms with Gasteiger partial charge in [0, 0.05) is 12.8 Å². The maximum Gasteiger partial charge on any atom is 0.492 e. The molecule has 0 radical (unpaired) electrons. The second-order valence-electron chi connectivity index (χ2n) is 5.99. The average molecular weight is 315 g/mol. The van der Waals surface area contributed by atoms with Crippen LogP contribution in [0.2, 0.25) is 0 Å². The van der Waals surface area contributed by atoms with E-state index in [-0.39, 0.29) is 16.2 Å². The summed E-state index contributed by atoms with van der Waals surface area (Å²) in [6.07, 6.45) is 4.49. The fraction of sp³-hybridized carbons (Fsp3) is 0.714. The zero-order valence-electron chi connectivity index (χ0n) is 14.0. The highest BCUT2D eigenvalue weighted by molar-refractivity contribution is 7.94. The summed E-state index contributed by atoms with van der Waals surface area (Å²) in [6.45, 7) is 12.4. The molecule has 1 saturated heterocycles. The van der Waals surface area contributed by atoms with Gasteiger partial charge in [-0.3, -0.25) is 0 Å². The molecule has 7 heteroatoms. The van der Waals surface area contributed by atoms with E-state index in [4.69, 9.17) is 9.31 Å². The summed E-state index contributed by atoms with van der Waals surface area (Å²) >= 11 is 0. The van der Waals surface area contributed by atoms with Crippen LogP contribution < -0.4 is 5.32 Å². The first-order chi connectivity index (χ1) is 9.53. The Labute approximate surface area is 128 Å². The van der Waals surface area contributed by atoms with Gasteiger partial charge in [-0.05, 0) is 39.2 Å². The van der Waals surface area contributed by atoms with Crippen molar-refractivity contribution < 1.29 is 17.7 Å². The van der Waals surface area contributed by atoms with Crippen molar-refractivity contribution in [3.8, 4) is 0 Å². The van der Waals surface area contributed by atoms with Crippen LogP contribution in [0.1, 0.15) is 41.5 Å². The van der Waals surface area contributed by atoms with Crippen molar-refractivity contribution in [3.05, 3.63) is 22.7 Å². The van der Waals surface area contributed by atoms with Crippen LogP contribution in [0.5, 0.6) is 0 Å². The molecule has 120 valence electrons. The molecule has 0 aromatic rings. The number of sulfone groups is 1. The van der Waals surface area contributed by atoms with E-state index in [1.54, 1.807) is 12.2 Å². The number of dihydropyridines is 1. The molecule has 0 aromatic heterocycles. The van der Waals surface area contributed by atoms with Gasteiger partial charge >= 0.3 is 7.12 Å². The van der Waals surface area contributed by atoms with E-state index in [1.807, 2.05) is 41.5 Å². The van der Waals surface area contributed by atoms with Crippen LogP contribution in [0.4, 0.5) is 0 Å². The molecule has 0 unspecified atom stereocenters. The van der Waals surface area contributed by atoms with Crippen LogP contribution in [0.15, 0.2) is 22.7 Å². The number of rotatable bonds is 2. The zero-order chi connectivity index (χ0) is 16.5. The van der Waals surface area contributed by atoms with Gasteiger partial charge in [-0.1, -0.05) is 19.9 Å². The second kappa shape index (κ2) is 6.14. The summed E-state index contributed by atoms with van der Waals surface area (Å²) in [6, 6.07) is 0. The van der Waals surface area contributed by atoms with Gasteiger partial charge in [0.2, 0.25) is 0 Å². The van der Waals surface area contributed by atoms with E-state index < -0.39 is 17.0 Å². The lowest BCUT2D eigenvalue weighted by atomic mass is 9.77. The van der Waals surface area contributed by atoms with Crippen molar-refractivity contribution in [2.45, 2.75) is 52.7 Å². The van der Waals surface area contributed by atoms with Gasteiger partial charge in [0.05, 0.1) is 11.2 Å². The summed E-state index contributed by atoms with van der Waals surface area (Å²) in [5.41, 5.74) is 0.115. The highest BCUT2D eigenvalue weighted by Crippen LogP contribution is 2.38. The summed E-state index contributed by atoms with van der Waals surface area (Å²) in [7, 11) is -3.63. The Hall–Kier alpha value is -0.785. The Morgan fingerprint density at radius 3 is 1.90 bits per heavy atom. The first-order valence-electron chi connectivity index (χ1n) is 7.23. The van der Waals surface area contributed by atoms with E-state index in [2.05, 4.69) is 5.32 Å². The molecule has 1 N–H and O–H groups in total. The quantitative estimate of drug-likeness (QED) is 0.790. The standard InChI is InChI=1S/C12H20BNO4S.C2H6/c1-11(2)12(3,4)18-13(17-11)9-6-7-10(14-8-9)19(5,15)16;1-2/h6-7,14H,8H2,1-5H3;1-2H3. The van der Waals surface area contributed by atoms with E-state index in [0.717, 1.165) is 5.47 Å². The van der Waals surface area contributed by atoms with Gasteiger partial charge in [-0.25, -0.2) is 8.42 Å². The van der Waals surface area contributed by atoms with Crippen LogP contribution in [0, 0.1) is 0 Å². The molecule has 2 rings (SSSR count). The number of nitrogens with one attached hydrogen (secondary N) is 1.